The molecule has 0 spiro atoms. The highest BCUT2D eigenvalue weighted by Gasteiger charge is 2.03. The van der Waals surface area contributed by atoms with Crippen LogP contribution in [0.25, 0.3) is 0 Å². The molecule has 0 atom stereocenters. The first-order valence-corrected chi connectivity index (χ1v) is 5.01. The van der Waals surface area contributed by atoms with Gasteiger partial charge >= 0.3 is 0 Å². The van der Waals surface area contributed by atoms with E-state index in [1.54, 1.807) is 11.0 Å². The lowest BCUT2D eigenvalue weighted by atomic mass is 10.3. The van der Waals surface area contributed by atoms with E-state index in [0.717, 1.165) is 0 Å². The fourth-order valence-electron chi connectivity index (χ4n) is 1.17. The Morgan fingerprint density at radius 1 is 1.44 bits per heavy atom. The van der Waals surface area contributed by atoms with Gasteiger partial charge in [-0.25, -0.2) is 9.67 Å². The van der Waals surface area contributed by atoms with Crippen molar-refractivity contribution in [2.24, 2.45) is 5.16 Å². The van der Waals surface area contributed by atoms with Crippen LogP contribution in [-0.2, 0) is 6.54 Å². The van der Waals surface area contributed by atoms with E-state index in [2.05, 4.69) is 15.2 Å². The molecule has 1 aromatic carbocycles. The van der Waals surface area contributed by atoms with Gasteiger partial charge in [-0.3, -0.25) is 10.1 Å². The fraction of sp³-hybridized carbons (Fsp3) is 0.100. The van der Waals surface area contributed by atoms with Crippen LogP contribution in [0.4, 0.5) is 5.69 Å². The normalized spacial score (nSPS) is 10.7. The molecule has 0 aliphatic rings. The third-order valence-electron chi connectivity index (χ3n) is 2.02. The number of hydrogen-bond acceptors (Lipinski definition) is 6. The lowest BCUT2D eigenvalue weighted by molar-refractivity contribution is -0.384. The minimum Gasteiger partial charge on any atom is -0.357 e. The van der Waals surface area contributed by atoms with E-state index < -0.39 is 4.92 Å². The van der Waals surface area contributed by atoms with Gasteiger partial charge in [0.1, 0.15) is 12.7 Å². The van der Waals surface area contributed by atoms with E-state index in [9.17, 15) is 10.1 Å². The van der Waals surface area contributed by atoms with E-state index in [-0.39, 0.29) is 5.69 Å². The maximum Gasteiger partial charge on any atom is 0.269 e. The second kappa shape index (κ2) is 5.53. The van der Waals surface area contributed by atoms with Gasteiger partial charge in [0.05, 0.1) is 17.7 Å². The average Bonchev–Trinajstić information content (AvgIpc) is 2.88. The molecule has 0 bridgehead atoms. The third-order valence-corrected chi connectivity index (χ3v) is 2.02. The highest BCUT2D eigenvalue weighted by Crippen LogP contribution is 2.17. The van der Waals surface area contributed by atoms with E-state index >= 15 is 0 Å². The van der Waals surface area contributed by atoms with Crippen molar-refractivity contribution in [2.75, 3.05) is 0 Å². The number of nitro groups is 1. The predicted octanol–water partition coefficient (Wildman–Crippen LogP) is 1.25. The van der Waals surface area contributed by atoms with Crippen molar-refractivity contribution < 1.29 is 9.76 Å². The lowest BCUT2D eigenvalue weighted by Gasteiger charge is -1.97. The zero-order valence-electron chi connectivity index (χ0n) is 9.21. The van der Waals surface area contributed by atoms with Crippen molar-refractivity contribution in [3.63, 3.8) is 0 Å². The first kappa shape index (κ1) is 11.7. The molecule has 0 saturated heterocycles. The van der Waals surface area contributed by atoms with Gasteiger partial charge in [0.25, 0.3) is 5.69 Å². The molecule has 2 rings (SSSR count). The van der Waals surface area contributed by atoms with Crippen LogP contribution in [0.2, 0.25) is 0 Å². The molecule has 18 heavy (non-hydrogen) atoms. The zero-order chi connectivity index (χ0) is 12.8. The van der Waals surface area contributed by atoms with E-state index in [1.807, 2.05) is 0 Å². The minimum absolute atomic E-state index is 0.00828. The second-order valence-corrected chi connectivity index (χ2v) is 3.25. The van der Waals surface area contributed by atoms with E-state index in [4.69, 9.17) is 4.84 Å². The van der Waals surface area contributed by atoms with Crippen LogP contribution < -0.4 is 4.84 Å². The Hall–Kier alpha value is -2.77. The quantitative estimate of drug-likeness (QED) is 0.450. The Bertz CT molecular complexity index is 535. The maximum atomic E-state index is 10.4. The highest BCUT2D eigenvalue weighted by molar-refractivity contribution is 5.56. The van der Waals surface area contributed by atoms with Gasteiger partial charge in [-0.15, -0.1) is 0 Å². The molecule has 1 aromatic heterocycles. The summed E-state index contributed by atoms with van der Waals surface area (Å²) in [7, 11) is 0. The van der Waals surface area contributed by atoms with Crippen molar-refractivity contribution in [3.05, 3.63) is 47.0 Å². The van der Waals surface area contributed by atoms with Crippen LogP contribution in [0.3, 0.4) is 0 Å². The Morgan fingerprint density at radius 3 is 2.83 bits per heavy atom. The molecule has 0 amide bonds. The topological polar surface area (TPSA) is 95.4 Å². The molecule has 0 fully saturated rings. The van der Waals surface area contributed by atoms with Gasteiger partial charge in [-0.2, -0.15) is 5.10 Å². The molecule has 0 aliphatic carbocycles. The first-order chi connectivity index (χ1) is 8.75. The number of benzene rings is 1. The van der Waals surface area contributed by atoms with E-state index in [0.29, 0.717) is 12.3 Å². The Labute approximate surface area is 102 Å². The summed E-state index contributed by atoms with van der Waals surface area (Å²) in [4.78, 5) is 18.7. The number of hydrogen-bond donors (Lipinski definition) is 0. The van der Waals surface area contributed by atoms with Crippen LogP contribution in [0.1, 0.15) is 0 Å². The number of aromatic nitrogens is 3. The smallest absolute Gasteiger partial charge is 0.269 e. The summed E-state index contributed by atoms with van der Waals surface area (Å²) in [6, 6.07) is 5.65. The summed E-state index contributed by atoms with van der Waals surface area (Å²) in [6.07, 6.45) is 4.49. The molecule has 1 heterocycles. The minimum atomic E-state index is -0.474. The van der Waals surface area contributed by atoms with Crippen LogP contribution >= 0.6 is 0 Å². The predicted molar refractivity (Wildman–Crippen MR) is 62.2 cm³/mol. The summed E-state index contributed by atoms with van der Waals surface area (Å²) >= 11 is 0. The van der Waals surface area contributed by atoms with Crippen molar-refractivity contribution in [3.8, 4) is 5.75 Å². The molecule has 0 unspecified atom stereocenters. The molecule has 0 radical (unpaired) electrons. The number of oxime groups is 1. The first-order valence-electron chi connectivity index (χ1n) is 5.01. The Morgan fingerprint density at radius 2 is 2.22 bits per heavy atom. The molecule has 8 heteroatoms. The van der Waals surface area contributed by atoms with Crippen LogP contribution in [0.5, 0.6) is 5.75 Å². The molecule has 2 aromatic rings. The SMILES string of the molecule is O=[N+]([O-])c1ccc(O/N=C/Cn2cncn2)cc1. The highest BCUT2D eigenvalue weighted by atomic mass is 16.6. The third kappa shape index (κ3) is 3.11. The lowest BCUT2D eigenvalue weighted by Crippen LogP contribution is -1.99. The number of rotatable bonds is 5. The summed E-state index contributed by atoms with van der Waals surface area (Å²) in [6.45, 7) is 0.437. The largest absolute Gasteiger partial charge is 0.357 e. The summed E-state index contributed by atoms with van der Waals surface area (Å²) in [5, 5.41) is 18.0. The summed E-state index contributed by atoms with van der Waals surface area (Å²) in [5.74, 6) is 0.426. The average molecular weight is 247 g/mol. The van der Waals surface area contributed by atoms with Crippen molar-refractivity contribution in [1.29, 1.82) is 0 Å². The Kier molecular flexibility index (Phi) is 3.59. The number of nitro benzene ring substituents is 1. The number of non-ortho nitro benzene ring substituents is 1. The Balaban J connectivity index is 1.86. The van der Waals surface area contributed by atoms with Crippen molar-refractivity contribution in [1.82, 2.24) is 14.8 Å². The molecular formula is C10H9N5O3. The molecule has 92 valence electrons. The molecular weight excluding hydrogens is 238 g/mol. The van der Waals surface area contributed by atoms with Crippen molar-refractivity contribution in [2.45, 2.75) is 6.54 Å². The van der Waals surface area contributed by atoms with Crippen LogP contribution in [0, 0.1) is 10.1 Å². The van der Waals surface area contributed by atoms with Gasteiger partial charge in [0, 0.05) is 12.1 Å². The van der Waals surface area contributed by atoms with E-state index in [1.165, 1.54) is 36.8 Å². The monoisotopic (exact) mass is 247 g/mol. The molecule has 8 nitrogen and oxygen atoms in total. The second-order valence-electron chi connectivity index (χ2n) is 3.25. The summed E-state index contributed by atoms with van der Waals surface area (Å²) < 4.78 is 1.57. The molecule has 0 aliphatic heterocycles. The fourth-order valence-corrected chi connectivity index (χ4v) is 1.17. The van der Waals surface area contributed by atoms with Crippen molar-refractivity contribution >= 4 is 11.9 Å². The van der Waals surface area contributed by atoms with Gasteiger partial charge in [-0.05, 0) is 12.1 Å². The van der Waals surface area contributed by atoms with Gasteiger partial charge in [0.15, 0.2) is 5.75 Å². The zero-order valence-corrected chi connectivity index (χ0v) is 9.21. The van der Waals surface area contributed by atoms with Gasteiger partial charge < -0.3 is 4.84 Å². The maximum absolute atomic E-state index is 10.4. The van der Waals surface area contributed by atoms with Gasteiger partial charge in [-0.1, -0.05) is 5.16 Å². The molecule has 0 saturated carbocycles. The summed E-state index contributed by atoms with van der Waals surface area (Å²) in [5.41, 5.74) is 0.00828. The molecule has 0 N–H and O–H groups in total. The standard InChI is InChI=1S/C10H9N5O3/c16-15(17)9-1-3-10(4-2-9)18-13-5-6-14-8-11-7-12-14/h1-5,7-8H,6H2/b13-5+. The van der Waals surface area contributed by atoms with Crippen LogP contribution in [-0.4, -0.2) is 25.9 Å². The number of nitrogens with zero attached hydrogens (tertiary/aromatic N) is 5. The van der Waals surface area contributed by atoms with Crippen LogP contribution in [0.15, 0.2) is 42.1 Å². The van der Waals surface area contributed by atoms with Gasteiger partial charge in [0.2, 0.25) is 0 Å².